The van der Waals surface area contributed by atoms with Gasteiger partial charge in [-0.25, -0.2) is 0 Å². The first-order valence-corrected chi connectivity index (χ1v) is 12.3. The van der Waals surface area contributed by atoms with Crippen LogP contribution >= 0.6 is 0 Å². The zero-order valence-corrected chi connectivity index (χ0v) is 21.8. The van der Waals surface area contributed by atoms with E-state index in [1.54, 1.807) is 12.0 Å². The molecule has 0 aromatic heterocycles. The Hall–Kier alpha value is -3.80. The molecule has 0 spiro atoms. The molecule has 6 heteroatoms. The van der Waals surface area contributed by atoms with E-state index < -0.39 is 6.04 Å². The van der Waals surface area contributed by atoms with E-state index in [-0.39, 0.29) is 25.0 Å². The lowest BCUT2D eigenvalue weighted by Crippen LogP contribution is -2.51. The maximum absolute atomic E-state index is 13.7. The minimum absolute atomic E-state index is 0.168. The molecule has 1 N–H and O–H groups in total. The fourth-order valence-corrected chi connectivity index (χ4v) is 4.19. The summed E-state index contributed by atoms with van der Waals surface area (Å²) >= 11 is 0. The zero-order valence-electron chi connectivity index (χ0n) is 21.8. The van der Waals surface area contributed by atoms with E-state index in [1.165, 1.54) is 0 Å². The normalized spacial score (nSPS) is 11.5. The van der Waals surface area contributed by atoms with Gasteiger partial charge in [0.15, 0.2) is 6.61 Å². The Morgan fingerprint density at radius 3 is 2.36 bits per heavy atom. The van der Waals surface area contributed by atoms with E-state index in [2.05, 4.69) is 11.4 Å². The van der Waals surface area contributed by atoms with Crippen molar-refractivity contribution >= 4 is 11.8 Å². The second-order valence-corrected chi connectivity index (χ2v) is 8.97. The number of likely N-dealkylation sites (N-methyl/N-ethyl adjacent to an activating group) is 1. The summed E-state index contributed by atoms with van der Waals surface area (Å²) in [7, 11) is 1.61. The molecule has 0 aliphatic heterocycles. The third-order valence-electron chi connectivity index (χ3n) is 6.22. The van der Waals surface area contributed by atoms with Gasteiger partial charge in [0.1, 0.15) is 17.5 Å². The van der Waals surface area contributed by atoms with Crippen LogP contribution in [0, 0.1) is 20.8 Å². The summed E-state index contributed by atoms with van der Waals surface area (Å²) in [6, 6.07) is 20.6. The number of hydrogen-bond acceptors (Lipinski definition) is 4. The number of carbonyl (C=O) groups is 2. The van der Waals surface area contributed by atoms with Crippen LogP contribution < -0.4 is 14.8 Å². The van der Waals surface area contributed by atoms with Crippen molar-refractivity contribution in [3.63, 3.8) is 0 Å². The Bertz CT molecular complexity index is 1180. The van der Waals surface area contributed by atoms with Crippen molar-refractivity contribution in [1.82, 2.24) is 10.2 Å². The van der Waals surface area contributed by atoms with Crippen molar-refractivity contribution < 1.29 is 19.1 Å². The van der Waals surface area contributed by atoms with Crippen molar-refractivity contribution in [2.75, 3.05) is 20.3 Å². The second-order valence-electron chi connectivity index (χ2n) is 8.97. The van der Waals surface area contributed by atoms with Gasteiger partial charge in [-0.05, 0) is 73.7 Å². The molecule has 0 aliphatic rings. The Kier molecular flexibility index (Phi) is 9.51. The fourth-order valence-electron chi connectivity index (χ4n) is 4.19. The number of hydrogen-bond donors (Lipinski definition) is 1. The highest BCUT2D eigenvalue weighted by atomic mass is 16.5. The van der Waals surface area contributed by atoms with Gasteiger partial charge in [0.2, 0.25) is 5.91 Å². The largest absolute Gasteiger partial charge is 0.497 e. The smallest absolute Gasteiger partial charge is 0.261 e. The van der Waals surface area contributed by atoms with Crippen LogP contribution in [0.5, 0.6) is 11.5 Å². The van der Waals surface area contributed by atoms with Gasteiger partial charge in [0.05, 0.1) is 7.11 Å². The molecular formula is C30H36N2O4. The van der Waals surface area contributed by atoms with Gasteiger partial charge in [0, 0.05) is 19.5 Å². The lowest BCUT2D eigenvalue weighted by Gasteiger charge is -2.31. The summed E-state index contributed by atoms with van der Waals surface area (Å²) in [5.74, 6) is 0.920. The van der Waals surface area contributed by atoms with Crippen LogP contribution in [0.3, 0.4) is 0 Å². The van der Waals surface area contributed by atoms with Crippen molar-refractivity contribution in [1.29, 1.82) is 0 Å². The third kappa shape index (κ3) is 7.11. The van der Waals surface area contributed by atoms with Crippen LogP contribution in [0.4, 0.5) is 0 Å². The van der Waals surface area contributed by atoms with Gasteiger partial charge < -0.3 is 19.7 Å². The summed E-state index contributed by atoms with van der Waals surface area (Å²) < 4.78 is 11.4. The molecule has 0 heterocycles. The maximum Gasteiger partial charge on any atom is 0.261 e. The predicted molar refractivity (Wildman–Crippen MR) is 142 cm³/mol. The number of aryl methyl sites for hydroxylation is 2. The van der Waals surface area contributed by atoms with Gasteiger partial charge in [-0.3, -0.25) is 9.59 Å². The summed E-state index contributed by atoms with van der Waals surface area (Å²) in [6.07, 6.45) is 0.394. The van der Waals surface area contributed by atoms with Gasteiger partial charge in [-0.2, -0.15) is 0 Å². The SMILES string of the molecule is CCNC(=O)[C@H](Cc1ccccc1)N(Cc1cccc(OC)c1)C(=O)COc1cc(C)cc(C)c1C. The number of rotatable bonds is 11. The van der Waals surface area contributed by atoms with Gasteiger partial charge in [-0.1, -0.05) is 48.5 Å². The Labute approximate surface area is 214 Å². The van der Waals surface area contributed by atoms with Crippen molar-refractivity contribution in [2.45, 2.75) is 46.7 Å². The summed E-state index contributed by atoms with van der Waals surface area (Å²) in [4.78, 5) is 28.6. The van der Waals surface area contributed by atoms with Crippen LogP contribution in [0.2, 0.25) is 0 Å². The highest BCUT2D eigenvalue weighted by Crippen LogP contribution is 2.24. The molecule has 0 unspecified atom stereocenters. The fraction of sp³-hybridized carbons (Fsp3) is 0.333. The van der Waals surface area contributed by atoms with Gasteiger partial charge >= 0.3 is 0 Å². The molecule has 0 saturated carbocycles. The van der Waals surface area contributed by atoms with E-state index in [4.69, 9.17) is 9.47 Å². The quantitative estimate of drug-likeness (QED) is 0.422. The molecule has 3 aromatic rings. The lowest BCUT2D eigenvalue weighted by atomic mass is 10.0. The van der Waals surface area contributed by atoms with Crippen LogP contribution in [0.15, 0.2) is 66.7 Å². The summed E-state index contributed by atoms with van der Waals surface area (Å²) in [5, 5.41) is 2.91. The number of methoxy groups -OCH3 is 1. The molecule has 0 bridgehead atoms. The molecule has 0 radical (unpaired) electrons. The summed E-state index contributed by atoms with van der Waals surface area (Å²) in [6.45, 7) is 8.44. The zero-order chi connectivity index (χ0) is 26.1. The number of nitrogens with one attached hydrogen (secondary N) is 1. The van der Waals surface area contributed by atoms with Gasteiger partial charge in [0.25, 0.3) is 5.91 Å². The monoisotopic (exact) mass is 488 g/mol. The minimum atomic E-state index is -0.699. The molecule has 2 amide bonds. The average Bonchev–Trinajstić information content (AvgIpc) is 2.88. The number of ether oxygens (including phenoxy) is 2. The molecule has 0 saturated heterocycles. The van der Waals surface area contributed by atoms with Crippen molar-refractivity contribution in [3.8, 4) is 11.5 Å². The lowest BCUT2D eigenvalue weighted by molar-refractivity contribution is -0.142. The molecule has 3 aromatic carbocycles. The number of carbonyl (C=O) groups excluding carboxylic acids is 2. The van der Waals surface area contributed by atoms with E-state index in [1.807, 2.05) is 88.4 Å². The maximum atomic E-state index is 13.7. The standard InChI is InChI=1S/C30H36N2O4/c1-6-31-30(34)27(18-24-11-8-7-9-12-24)32(19-25-13-10-14-26(17-25)35-5)29(33)20-36-28-16-21(2)15-22(3)23(28)4/h7-17,27H,6,18-20H2,1-5H3,(H,31,34)/t27-/m0/s1. The highest BCUT2D eigenvalue weighted by Gasteiger charge is 2.30. The van der Waals surface area contributed by atoms with E-state index >= 15 is 0 Å². The molecule has 3 rings (SSSR count). The topological polar surface area (TPSA) is 67.9 Å². The molecule has 6 nitrogen and oxygen atoms in total. The minimum Gasteiger partial charge on any atom is -0.497 e. The number of amides is 2. The second kappa shape index (κ2) is 12.8. The van der Waals surface area contributed by atoms with Crippen LogP contribution in [-0.4, -0.2) is 43.0 Å². The Balaban J connectivity index is 1.93. The Morgan fingerprint density at radius 1 is 0.944 bits per heavy atom. The Morgan fingerprint density at radius 2 is 1.67 bits per heavy atom. The number of nitrogens with zero attached hydrogens (tertiary/aromatic N) is 1. The van der Waals surface area contributed by atoms with E-state index in [9.17, 15) is 9.59 Å². The van der Waals surface area contributed by atoms with Crippen molar-refractivity contribution in [3.05, 3.63) is 94.5 Å². The molecule has 190 valence electrons. The molecule has 0 fully saturated rings. The molecule has 36 heavy (non-hydrogen) atoms. The highest BCUT2D eigenvalue weighted by molar-refractivity contribution is 5.88. The van der Waals surface area contributed by atoms with Crippen LogP contribution in [-0.2, 0) is 22.6 Å². The van der Waals surface area contributed by atoms with Crippen molar-refractivity contribution in [2.24, 2.45) is 0 Å². The van der Waals surface area contributed by atoms with E-state index in [0.29, 0.717) is 24.5 Å². The first-order chi connectivity index (χ1) is 17.3. The number of benzene rings is 3. The molecule has 0 aliphatic carbocycles. The van der Waals surface area contributed by atoms with Crippen LogP contribution in [0.25, 0.3) is 0 Å². The molecular weight excluding hydrogens is 452 g/mol. The van der Waals surface area contributed by atoms with Crippen LogP contribution in [0.1, 0.15) is 34.7 Å². The summed E-state index contributed by atoms with van der Waals surface area (Å²) in [5.41, 5.74) is 5.02. The molecule has 1 atom stereocenters. The van der Waals surface area contributed by atoms with Gasteiger partial charge in [-0.15, -0.1) is 0 Å². The third-order valence-corrected chi connectivity index (χ3v) is 6.22. The first kappa shape index (κ1) is 26.8. The van der Waals surface area contributed by atoms with E-state index in [0.717, 1.165) is 27.8 Å². The first-order valence-electron chi connectivity index (χ1n) is 12.3. The predicted octanol–water partition coefficient (Wildman–Crippen LogP) is 4.78. The average molecular weight is 489 g/mol.